The first-order valence-corrected chi connectivity index (χ1v) is 10.7. The van der Waals surface area contributed by atoms with Crippen LogP contribution in [0.15, 0.2) is 36.4 Å². The standard InChI is InChI=1S/C24H36N2O6/c1-29-21-7-5-17(11-23(21)31-3)19(15-27)13-25-9-10-26-14-20(16-28)18-6-8-22(30-2)24(12-18)32-4/h5-8,11-12,19-20,25-28H,9-10,13-16H2,1-4H3. The summed E-state index contributed by atoms with van der Waals surface area (Å²) in [5.74, 6) is 2.53. The molecule has 0 spiro atoms. The molecule has 4 N–H and O–H groups in total. The number of hydrogen-bond acceptors (Lipinski definition) is 8. The highest BCUT2D eigenvalue weighted by Gasteiger charge is 2.15. The van der Waals surface area contributed by atoms with Gasteiger partial charge in [0.15, 0.2) is 23.0 Å². The van der Waals surface area contributed by atoms with Crippen molar-refractivity contribution in [2.24, 2.45) is 0 Å². The summed E-state index contributed by atoms with van der Waals surface area (Å²) in [6.45, 7) is 2.78. The minimum Gasteiger partial charge on any atom is -0.493 e. The monoisotopic (exact) mass is 448 g/mol. The van der Waals surface area contributed by atoms with Crippen molar-refractivity contribution in [2.75, 3.05) is 67.8 Å². The molecule has 0 heterocycles. The third-order valence-electron chi connectivity index (χ3n) is 5.46. The molecule has 2 aromatic carbocycles. The van der Waals surface area contributed by atoms with Crippen molar-refractivity contribution < 1.29 is 29.2 Å². The maximum atomic E-state index is 9.81. The number of benzene rings is 2. The molecule has 0 aliphatic heterocycles. The summed E-state index contributed by atoms with van der Waals surface area (Å²) in [7, 11) is 6.40. The van der Waals surface area contributed by atoms with E-state index in [0.717, 1.165) is 24.2 Å². The summed E-state index contributed by atoms with van der Waals surface area (Å²) in [6, 6.07) is 11.4. The van der Waals surface area contributed by atoms with Gasteiger partial charge in [-0.25, -0.2) is 0 Å². The molecule has 0 aliphatic carbocycles. The van der Waals surface area contributed by atoms with E-state index in [1.54, 1.807) is 28.4 Å². The molecule has 2 rings (SSSR count). The molecule has 0 aliphatic rings. The van der Waals surface area contributed by atoms with Gasteiger partial charge in [0.05, 0.1) is 41.7 Å². The van der Waals surface area contributed by atoms with Crippen molar-refractivity contribution >= 4 is 0 Å². The highest BCUT2D eigenvalue weighted by atomic mass is 16.5. The highest BCUT2D eigenvalue weighted by molar-refractivity contribution is 5.44. The van der Waals surface area contributed by atoms with Gasteiger partial charge in [-0.05, 0) is 35.4 Å². The Morgan fingerprint density at radius 3 is 1.31 bits per heavy atom. The summed E-state index contributed by atoms with van der Waals surface area (Å²) in [4.78, 5) is 0. The second-order valence-electron chi connectivity index (χ2n) is 7.40. The number of aliphatic hydroxyl groups excluding tert-OH is 2. The van der Waals surface area contributed by atoms with Gasteiger partial charge in [0.1, 0.15) is 0 Å². The Hall–Kier alpha value is -2.52. The van der Waals surface area contributed by atoms with Gasteiger partial charge in [-0.15, -0.1) is 0 Å². The van der Waals surface area contributed by atoms with Crippen LogP contribution in [-0.4, -0.2) is 78.0 Å². The normalized spacial score (nSPS) is 12.8. The summed E-state index contributed by atoms with van der Waals surface area (Å²) in [6.07, 6.45) is 0. The molecule has 2 unspecified atom stereocenters. The van der Waals surface area contributed by atoms with E-state index in [-0.39, 0.29) is 25.0 Å². The van der Waals surface area contributed by atoms with E-state index in [4.69, 9.17) is 18.9 Å². The lowest BCUT2D eigenvalue weighted by Crippen LogP contribution is -2.33. The van der Waals surface area contributed by atoms with Crippen LogP contribution in [0, 0.1) is 0 Å². The van der Waals surface area contributed by atoms with Crippen LogP contribution in [0.4, 0.5) is 0 Å². The number of aliphatic hydroxyl groups is 2. The average molecular weight is 449 g/mol. The first-order valence-electron chi connectivity index (χ1n) is 10.7. The number of methoxy groups -OCH3 is 4. The molecule has 0 aromatic heterocycles. The van der Waals surface area contributed by atoms with Crippen LogP contribution >= 0.6 is 0 Å². The minimum absolute atomic E-state index is 0.0296. The maximum absolute atomic E-state index is 9.81. The van der Waals surface area contributed by atoms with Crippen molar-refractivity contribution in [1.29, 1.82) is 0 Å². The number of nitrogens with one attached hydrogen (secondary N) is 2. The SMILES string of the molecule is COc1ccc(C(CO)CNCCNCC(CO)c2ccc(OC)c(OC)c2)cc1OC. The van der Waals surface area contributed by atoms with Crippen LogP contribution in [0.2, 0.25) is 0 Å². The molecule has 32 heavy (non-hydrogen) atoms. The lowest BCUT2D eigenvalue weighted by atomic mass is 9.99. The fourth-order valence-electron chi connectivity index (χ4n) is 3.52. The minimum atomic E-state index is -0.0493. The van der Waals surface area contributed by atoms with Gasteiger partial charge in [0.2, 0.25) is 0 Å². The van der Waals surface area contributed by atoms with Crippen LogP contribution in [-0.2, 0) is 0 Å². The first-order chi connectivity index (χ1) is 15.6. The molecule has 2 aromatic rings. The third kappa shape index (κ3) is 7.00. The second-order valence-corrected chi connectivity index (χ2v) is 7.40. The maximum Gasteiger partial charge on any atom is 0.160 e. The molecule has 0 fully saturated rings. The van der Waals surface area contributed by atoms with Crippen LogP contribution in [0.1, 0.15) is 23.0 Å². The summed E-state index contributed by atoms with van der Waals surface area (Å²) in [5, 5.41) is 26.4. The van der Waals surface area contributed by atoms with Crippen LogP contribution in [0.5, 0.6) is 23.0 Å². The fourth-order valence-corrected chi connectivity index (χ4v) is 3.52. The molecule has 0 amide bonds. The van der Waals surface area contributed by atoms with Gasteiger partial charge in [-0.2, -0.15) is 0 Å². The van der Waals surface area contributed by atoms with Crippen molar-refractivity contribution in [1.82, 2.24) is 10.6 Å². The number of ether oxygens (including phenoxy) is 4. The van der Waals surface area contributed by atoms with E-state index in [1.807, 2.05) is 36.4 Å². The van der Waals surface area contributed by atoms with E-state index in [2.05, 4.69) is 10.6 Å². The van der Waals surface area contributed by atoms with Crippen molar-refractivity contribution in [3.8, 4) is 23.0 Å². The summed E-state index contributed by atoms with van der Waals surface area (Å²) in [5.41, 5.74) is 1.97. The van der Waals surface area contributed by atoms with Crippen LogP contribution < -0.4 is 29.6 Å². The van der Waals surface area contributed by atoms with E-state index < -0.39 is 0 Å². The van der Waals surface area contributed by atoms with E-state index in [9.17, 15) is 10.2 Å². The van der Waals surface area contributed by atoms with E-state index in [0.29, 0.717) is 36.1 Å². The zero-order valence-electron chi connectivity index (χ0n) is 19.4. The van der Waals surface area contributed by atoms with Crippen LogP contribution in [0.25, 0.3) is 0 Å². The largest absolute Gasteiger partial charge is 0.493 e. The Morgan fingerprint density at radius 2 is 1.00 bits per heavy atom. The zero-order valence-corrected chi connectivity index (χ0v) is 19.4. The van der Waals surface area contributed by atoms with Gasteiger partial charge in [0, 0.05) is 38.0 Å². The molecule has 0 radical (unpaired) electrons. The van der Waals surface area contributed by atoms with E-state index in [1.165, 1.54) is 0 Å². The summed E-state index contributed by atoms with van der Waals surface area (Å²) >= 11 is 0. The molecule has 8 nitrogen and oxygen atoms in total. The smallest absolute Gasteiger partial charge is 0.160 e. The van der Waals surface area contributed by atoms with Crippen molar-refractivity contribution in [3.63, 3.8) is 0 Å². The Labute approximate surface area is 190 Å². The van der Waals surface area contributed by atoms with Gasteiger partial charge in [-0.1, -0.05) is 12.1 Å². The molecule has 8 heteroatoms. The lowest BCUT2D eigenvalue weighted by molar-refractivity contribution is 0.258. The second kappa shape index (κ2) is 13.8. The van der Waals surface area contributed by atoms with Gasteiger partial charge >= 0.3 is 0 Å². The average Bonchev–Trinajstić information content (AvgIpc) is 2.85. The Bertz CT molecular complexity index is 750. The quantitative estimate of drug-likeness (QED) is 0.306. The fraction of sp³-hybridized carbons (Fsp3) is 0.500. The molecule has 2 atom stereocenters. The van der Waals surface area contributed by atoms with Gasteiger partial charge in [0.25, 0.3) is 0 Å². The van der Waals surface area contributed by atoms with Crippen molar-refractivity contribution in [3.05, 3.63) is 47.5 Å². The molecule has 178 valence electrons. The molecule has 0 saturated heterocycles. The lowest BCUT2D eigenvalue weighted by Gasteiger charge is -2.19. The molecular formula is C24H36N2O6. The third-order valence-corrected chi connectivity index (χ3v) is 5.46. The zero-order chi connectivity index (χ0) is 23.3. The van der Waals surface area contributed by atoms with Gasteiger partial charge < -0.3 is 39.8 Å². The Morgan fingerprint density at radius 1 is 0.625 bits per heavy atom. The summed E-state index contributed by atoms with van der Waals surface area (Å²) < 4.78 is 21.3. The topological polar surface area (TPSA) is 101 Å². The molecule has 0 bridgehead atoms. The van der Waals surface area contributed by atoms with Gasteiger partial charge in [-0.3, -0.25) is 0 Å². The molecular weight excluding hydrogens is 412 g/mol. The number of rotatable bonds is 15. The predicted octanol–water partition coefficient (Wildman–Crippen LogP) is 1.75. The van der Waals surface area contributed by atoms with E-state index >= 15 is 0 Å². The highest BCUT2D eigenvalue weighted by Crippen LogP contribution is 2.31. The van der Waals surface area contributed by atoms with Crippen molar-refractivity contribution in [2.45, 2.75) is 11.8 Å². The molecule has 0 saturated carbocycles. The number of hydrogen-bond donors (Lipinski definition) is 4. The Kier molecular flexibility index (Phi) is 11.1. The predicted molar refractivity (Wildman–Crippen MR) is 124 cm³/mol. The Balaban J connectivity index is 1.80. The van der Waals surface area contributed by atoms with Crippen LogP contribution in [0.3, 0.4) is 0 Å². The first kappa shape index (κ1) is 25.7.